The number of Topliss-reactive ketones (excluding diaryl/α,β-unsaturated/α-hetero) is 2. The number of nitrogens with two attached hydrogens (primary N) is 1. The number of hydrogen-bond acceptors (Lipinski definition) is 9. The number of amides is 1. The third-order valence-corrected chi connectivity index (χ3v) is 7.12. The fraction of sp³-hybridized carbons (Fsp3) is 0.375. The summed E-state index contributed by atoms with van der Waals surface area (Å²) in [6.45, 7) is 4.08. The number of hydrogen-bond donors (Lipinski definition) is 5. The average molecular weight is 469 g/mol. The molecule has 0 bridgehead atoms. The maximum absolute atomic E-state index is 13.8. The number of nitrogens with zero attached hydrogens (tertiary/aromatic N) is 2. The van der Waals surface area contributed by atoms with E-state index in [-0.39, 0.29) is 28.9 Å². The van der Waals surface area contributed by atoms with E-state index in [1.807, 2.05) is 0 Å². The first-order valence-electron chi connectivity index (χ1n) is 10.6. The van der Waals surface area contributed by atoms with Crippen molar-refractivity contribution >= 4 is 28.9 Å². The zero-order valence-corrected chi connectivity index (χ0v) is 19.3. The van der Waals surface area contributed by atoms with Gasteiger partial charge in [0.25, 0.3) is 5.91 Å². The van der Waals surface area contributed by atoms with Crippen LogP contribution >= 0.6 is 0 Å². The van der Waals surface area contributed by atoms with Gasteiger partial charge in [-0.3, -0.25) is 19.3 Å². The number of benzene rings is 1. The van der Waals surface area contributed by atoms with Crippen LogP contribution in [0.15, 0.2) is 41.2 Å². The van der Waals surface area contributed by atoms with Crippen LogP contribution in [0.25, 0.3) is 5.76 Å². The van der Waals surface area contributed by atoms with Crippen LogP contribution in [0.3, 0.4) is 0 Å². The number of carbonyl (C=O) groups excluding carboxylic acids is 3. The van der Waals surface area contributed by atoms with E-state index in [9.17, 15) is 34.8 Å². The van der Waals surface area contributed by atoms with Crippen molar-refractivity contribution in [1.29, 1.82) is 0 Å². The second-order valence-corrected chi connectivity index (χ2v) is 9.38. The monoisotopic (exact) mass is 469 g/mol. The Morgan fingerprint density at radius 1 is 1.15 bits per heavy atom. The second kappa shape index (κ2) is 7.44. The van der Waals surface area contributed by atoms with Gasteiger partial charge in [0.05, 0.1) is 11.6 Å². The van der Waals surface area contributed by atoms with E-state index >= 15 is 0 Å². The van der Waals surface area contributed by atoms with Crippen molar-refractivity contribution in [2.45, 2.75) is 18.1 Å². The van der Waals surface area contributed by atoms with Crippen LogP contribution in [0.5, 0.6) is 5.75 Å². The number of aliphatic hydroxyl groups is 3. The maximum Gasteiger partial charge on any atom is 0.255 e. The molecule has 4 atom stereocenters. The third-order valence-electron chi connectivity index (χ3n) is 7.12. The number of primary amides is 1. The van der Waals surface area contributed by atoms with Crippen LogP contribution in [0.2, 0.25) is 0 Å². The summed E-state index contributed by atoms with van der Waals surface area (Å²) >= 11 is 0. The zero-order valence-electron chi connectivity index (χ0n) is 19.3. The molecule has 6 N–H and O–H groups in total. The summed E-state index contributed by atoms with van der Waals surface area (Å²) in [5.74, 6) is -7.31. The van der Waals surface area contributed by atoms with Crippen LogP contribution in [0.4, 0.5) is 5.69 Å². The summed E-state index contributed by atoms with van der Waals surface area (Å²) in [7, 11) is 6.64. The number of carbonyl (C=O) groups is 3. The second-order valence-electron chi connectivity index (χ2n) is 9.38. The van der Waals surface area contributed by atoms with Crippen LogP contribution in [0, 0.1) is 11.8 Å². The molecule has 0 aromatic heterocycles. The topological polar surface area (TPSA) is 165 Å². The van der Waals surface area contributed by atoms with Crippen LogP contribution in [-0.4, -0.2) is 82.6 Å². The molecule has 180 valence electrons. The minimum atomic E-state index is -2.75. The number of anilines is 1. The van der Waals surface area contributed by atoms with Gasteiger partial charge in [-0.05, 0) is 38.2 Å². The number of fused-ring (bicyclic) bond motifs is 3. The molecule has 4 rings (SSSR count). The van der Waals surface area contributed by atoms with E-state index in [1.54, 1.807) is 25.1 Å². The third kappa shape index (κ3) is 2.78. The Morgan fingerprint density at radius 3 is 2.29 bits per heavy atom. The summed E-state index contributed by atoms with van der Waals surface area (Å²) in [6, 6.07) is 1.84. The summed E-state index contributed by atoms with van der Waals surface area (Å²) < 4.78 is 0. The summed E-state index contributed by atoms with van der Waals surface area (Å²) in [6.07, 6.45) is 0.148. The standard InChI is InChI=1S/C24H27N3O7/c1-9-10-8-11-12(26(2)3)6-7-13(28)14(11)19(29)15(10)21(31)24(34)17(9)18(27(4)5)20(30)16(22(24)32)23(25)33/h6-7,10,17-18,28-29,32,34H,1,8H2,2-5H3,(H2,25,33)/t10-,17-,18-,24-/m0/s1. The summed E-state index contributed by atoms with van der Waals surface area (Å²) in [5, 5.41) is 44.2. The highest BCUT2D eigenvalue weighted by molar-refractivity contribution is 6.25. The smallest absolute Gasteiger partial charge is 0.255 e. The lowest BCUT2D eigenvalue weighted by molar-refractivity contribution is -0.148. The molecule has 1 saturated carbocycles. The molecule has 1 fully saturated rings. The van der Waals surface area contributed by atoms with E-state index in [2.05, 4.69) is 6.58 Å². The number of rotatable bonds is 3. The molecule has 34 heavy (non-hydrogen) atoms. The van der Waals surface area contributed by atoms with Crippen molar-refractivity contribution in [2.24, 2.45) is 17.6 Å². The van der Waals surface area contributed by atoms with E-state index in [0.29, 0.717) is 11.3 Å². The van der Waals surface area contributed by atoms with Crippen molar-refractivity contribution in [3.63, 3.8) is 0 Å². The molecule has 10 nitrogen and oxygen atoms in total. The molecule has 0 saturated heterocycles. The van der Waals surface area contributed by atoms with Gasteiger partial charge >= 0.3 is 0 Å². The van der Waals surface area contributed by atoms with Gasteiger partial charge in [0.1, 0.15) is 22.8 Å². The van der Waals surface area contributed by atoms with Crippen molar-refractivity contribution < 1.29 is 34.8 Å². The molecular weight excluding hydrogens is 442 g/mol. The first kappa shape index (κ1) is 23.5. The van der Waals surface area contributed by atoms with Gasteiger partial charge in [-0.2, -0.15) is 0 Å². The van der Waals surface area contributed by atoms with Gasteiger partial charge in [0, 0.05) is 37.2 Å². The number of ketones is 2. The lowest BCUT2D eigenvalue weighted by Gasteiger charge is -2.51. The molecule has 0 radical (unpaired) electrons. The fourth-order valence-corrected chi connectivity index (χ4v) is 5.60. The lowest BCUT2D eigenvalue weighted by Crippen LogP contribution is -2.66. The van der Waals surface area contributed by atoms with Crippen molar-refractivity contribution in [1.82, 2.24) is 4.90 Å². The molecule has 1 amide bonds. The Balaban J connectivity index is 2.06. The Hall–Kier alpha value is -3.63. The van der Waals surface area contributed by atoms with Crippen LogP contribution in [0.1, 0.15) is 11.1 Å². The lowest BCUT2D eigenvalue weighted by atomic mass is 9.55. The van der Waals surface area contributed by atoms with Crippen LogP contribution < -0.4 is 10.6 Å². The minimum absolute atomic E-state index is 0.0373. The van der Waals surface area contributed by atoms with Gasteiger partial charge in [0.2, 0.25) is 5.78 Å². The number of aliphatic hydroxyl groups excluding tert-OH is 2. The molecule has 1 aromatic rings. The minimum Gasteiger partial charge on any atom is -0.508 e. The number of phenols is 1. The maximum atomic E-state index is 13.8. The van der Waals surface area contributed by atoms with Gasteiger partial charge in [-0.25, -0.2) is 0 Å². The first-order valence-corrected chi connectivity index (χ1v) is 10.6. The predicted octanol–water partition coefficient (Wildman–Crippen LogP) is 0.196. The molecule has 1 aromatic carbocycles. The summed E-state index contributed by atoms with van der Waals surface area (Å²) in [4.78, 5) is 42.2. The Labute approximate surface area is 195 Å². The number of aromatic hydroxyl groups is 1. The molecular formula is C24H27N3O7. The van der Waals surface area contributed by atoms with E-state index in [4.69, 9.17) is 5.73 Å². The number of phenolic OH excluding ortho intramolecular Hbond substituents is 1. The highest BCUT2D eigenvalue weighted by atomic mass is 16.3. The molecule has 0 unspecified atom stereocenters. The highest BCUT2D eigenvalue weighted by Gasteiger charge is 2.65. The Kier molecular flexibility index (Phi) is 5.15. The van der Waals surface area contributed by atoms with Gasteiger partial charge in [0.15, 0.2) is 11.4 Å². The molecule has 0 heterocycles. The van der Waals surface area contributed by atoms with Crippen molar-refractivity contribution in [2.75, 3.05) is 33.1 Å². The summed E-state index contributed by atoms with van der Waals surface area (Å²) in [5.41, 5.74) is 2.96. The first-order chi connectivity index (χ1) is 15.8. The molecule has 3 aliphatic carbocycles. The van der Waals surface area contributed by atoms with Crippen molar-refractivity contribution in [3.8, 4) is 5.75 Å². The largest absolute Gasteiger partial charge is 0.508 e. The van der Waals surface area contributed by atoms with E-state index < -0.39 is 58.0 Å². The number of likely N-dealkylation sites (N-methyl/N-ethyl adjacent to an activating group) is 1. The van der Waals surface area contributed by atoms with Gasteiger partial charge < -0.3 is 31.1 Å². The quantitative estimate of drug-likeness (QED) is 0.307. The molecule has 0 aliphatic heterocycles. The molecule has 10 heteroatoms. The SMILES string of the molecule is C=C1[C@@H]2Cc3c(N(C)C)ccc(O)c3C(O)=C2C(=O)[C@]2(O)C(O)=C(C(N)=O)C(=O)[C@@H](N(C)C)[C@H]12. The van der Waals surface area contributed by atoms with Gasteiger partial charge in [-0.1, -0.05) is 12.2 Å². The molecule has 0 spiro atoms. The predicted molar refractivity (Wildman–Crippen MR) is 123 cm³/mol. The van der Waals surface area contributed by atoms with Crippen LogP contribution in [-0.2, 0) is 20.8 Å². The van der Waals surface area contributed by atoms with E-state index in [0.717, 1.165) is 0 Å². The zero-order chi connectivity index (χ0) is 25.4. The normalized spacial score (nSPS) is 28.6. The Morgan fingerprint density at radius 2 is 1.76 bits per heavy atom. The Bertz CT molecular complexity index is 1240. The highest BCUT2D eigenvalue weighted by Crippen LogP contribution is 2.55. The fourth-order valence-electron chi connectivity index (χ4n) is 5.60. The molecule has 3 aliphatic rings. The van der Waals surface area contributed by atoms with Crippen molar-refractivity contribution in [3.05, 3.63) is 52.3 Å². The van der Waals surface area contributed by atoms with E-state index in [1.165, 1.54) is 25.1 Å². The average Bonchev–Trinajstić information content (AvgIpc) is 2.73. The van der Waals surface area contributed by atoms with Gasteiger partial charge in [-0.15, -0.1) is 0 Å².